The van der Waals surface area contributed by atoms with Gasteiger partial charge in [0.15, 0.2) is 0 Å². The van der Waals surface area contributed by atoms with Gasteiger partial charge in [-0.15, -0.1) is 0 Å². The molecule has 0 saturated heterocycles. The van der Waals surface area contributed by atoms with Crippen molar-refractivity contribution >= 4 is 22.8 Å². The minimum absolute atomic E-state index is 0.120. The number of hydrogen-bond acceptors (Lipinski definition) is 5. The van der Waals surface area contributed by atoms with E-state index >= 15 is 0 Å². The van der Waals surface area contributed by atoms with E-state index in [1.165, 1.54) is 6.26 Å². The fourth-order valence-electron chi connectivity index (χ4n) is 2.60. The maximum atomic E-state index is 12.2. The van der Waals surface area contributed by atoms with Gasteiger partial charge in [-0.2, -0.15) is 0 Å². The molecular weight excluding hydrogens is 336 g/mol. The van der Waals surface area contributed by atoms with Gasteiger partial charge < -0.3 is 24.2 Å². The van der Waals surface area contributed by atoms with Gasteiger partial charge in [0.25, 0.3) is 0 Å². The van der Waals surface area contributed by atoms with Crippen LogP contribution in [0.25, 0.3) is 11.0 Å². The molecule has 0 aliphatic heterocycles. The first kappa shape index (κ1) is 17.6. The Balaban J connectivity index is 1.55. The molecule has 2 aromatic heterocycles. The molecule has 3 aromatic rings. The van der Waals surface area contributed by atoms with Crippen molar-refractivity contribution in [3.05, 3.63) is 54.2 Å². The Morgan fingerprint density at radius 3 is 2.81 bits per heavy atom. The SMILES string of the molecule is COc1ccc2c(CC(=O)NC(C)C(=O)NCc3ccco3)coc2c1. The Morgan fingerprint density at radius 2 is 2.08 bits per heavy atom. The number of hydrogen-bond donors (Lipinski definition) is 2. The summed E-state index contributed by atoms with van der Waals surface area (Å²) in [6.45, 7) is 1.91. The van der Waals surface area contributed by atoms with Crippen molar-refractivity contribution in [2.75, 3.05) is 7.11 Å². The van der Waals surface area contributed by atoms with Crippen LogP contribution >= 0.6 is 0 Å². The average molecular weight is 356 g/mol. The lowest BCUT2D eigenvalue weighted by atomic mass is 10.1. The highest BCUT2D eigenvalue weighted by atomic mass is 16.5. The van der Waals surface area contributed by atoms with E-state index in [1.807, 2.05) is 12.1 Å². The number of carbonyl (C=O) groups is 2. The minimum atomic E-state index is -0.657. The van der Waals surface area contributed by atoms with E-state index in [0.29, 0.717) is 17.1 Å². The third kappa shape index (κ3) is 4.05. The van der Waals surface area contributed by atoms with E-state index in [0.717, 1.165) is 10.9 Å². The van der Waals surface area contributed by atoms with Crippen LogP contribution in [0.4, 0.5) is 0 Å². The number of amides is 2. The molecule has 2 heterocycles. The van der Waals surface area contributed by atoms with Crippen LogP contribution in [0.5, 0.6) is 5.75 Å². The second kappa shape index (κ2) is 7.77. The van der Waals surface area contributed by atoms with Gasteiger partial charge in [0.2, 0.25) is 11.8 Å². The standard InChI is InChI=1S/C19H20N2O5/c1-12(19(23)20-10-15-4-3-7-25-15)21-18(22)8-13-11-26-17-9-14(24-2)5-6-16(13)17/h3-7,9,11-12H,8,10H2,1-2H3,(H,20,23)(H,21,22). The molecule has 3 rings (SSSR count). The van der Waals surface area contributed by atoms with E-state index < -0.39 is 6.04 Å². The van der Waals surface area contributed by atoms with Crippen LogP contribution in [0, 0.1) is 0 Å². The van der Waals surface area contributed by atoms with Gasteiger partial charge in [0.05, 0.1) is 32.6 Å². The average Bonchev–Trinajstić information content (AvgIpc) is 3.29. The summed E-state index contributed by atoms with van der Waals surface area (Å²) < 4.78 is 15.8. The van der Waals surface area contributed by atoms with Gasteiger partial charge >= 0.3 is 0 Å². The van der Waals surface area contributed by atoms with Crippen LogP contribution < -0.4 is 15.4 Å². The molecule has 0 bridgehead atoms. The summed E-state index contributed by atoms with van der Waals surface area (Å²) in [6.07, 6.45) is 3.21. The highest BCUT2D eigenvalue weighted by Gasteiger charge is 2.17. The fraction of sp³-hybridized carbons (Fsp3) is 0.263. The first-order valence-electron chi connectivity index (χ1n) is 8.20. The number of methoxy groups -OCH3 is 1. The van der Waals surface area contributed by atoms with Gasteiger partial charge in [-0.1, -0.05) is 0 Å². The van der Waals surface area contributed by atoms with Gasteiger partial charge in [-0.05, 0) is 31.2 Å². The number of fused-ring (bicyclic) bond motifs is 1. The van der Waals surface area contributed by atoms with Crippen molar-refractivity contribution in [2.24, 2.45) is 0 Å². The molecule has 1 aromatic carbocycles. The molecule has 7 heteroatoms. The molecule has 1 unspecified atom stereocenters. The molecule has 0 saturated carbocycles. The second-order valence-electron chi connectivity index (χ2n) is 5.89. The molecule has 2 N–H and O–H groups in total. The second-order valence-corrected chi connectivity index (χ2v) is 5.89. The van der Waals surface area contributed by atoms with Crippen molar-refractivity contribution < 1.29 is 23.2 Å². The van der Waals surface area contributed by atoms with Gasteiger partial charge in [0.1, 0.15) is 23.1 Å². The number of carbonyl (C=O) groups excluding carboxylic acids is 2. The highest BCUT2D eigenvalue weighted by Crippen LogP contribution is 2.25. The molecule has 7 nitrogen and oxygen atoms in total. The number of benzene rings is 1. The van der Waals surface area contributed by atoms with Crippen molar-refractivity contribution in [1.29, 1.82) is 0 Å². The largest absolute Gasteiger partial charge is 0.497 e. The summed E-state index contributed by atoms with van der Waals surface area (Å²) in [5, 5.41) is 6.24. The summed E-state index contributed by atoms with van der Waals surface area (Å²) >= 11 is 0. The predicted octanol–water partition coefficient (Wildman–Crippen LogP) is 2.40. The predicted molar refractivity (Wildman–Crippen MR) is 94.6 cm³/mol. The van der Waals surface area contributed by atoms with Gasteiger partial charge in [0, 0.05) is 17.0 Å². The van der Waals surface area contributed by atoms with E-state index in [-0.39, 0.29) is 24.8 Å². The highest BCUT2D eigenvalue weighted by molar-refractivity contribution is 5.91. The van der Waals surface area contributed by atoms with Crippen molar-refractivity contribution in [3.8, 4) is 5.75 Å². The topological polar surface area (TPSA) is 93.7 Å². The Bertz CT molecular complexity index is 898. The summed E-state index contributed by atoms with van der Waals surface area (Å²) in [7, 11) is 1.58. The Kier molecular flexibility index (Phi) is 5.26. The molecule has 0 spiro atoms. The molecule has 136 valence electrons. The molecule has 2 amide bonds. The number of furan rings is 2. The van der Waals surface area contributed by atoms with Gasteiger partial charge in [-0.3, -0.25) is 9.59 Å². The lowest BCUT2D eigenvalue weighted by molar-refractivity contribution is -0.128. The molecule has 0 aliphatic rings. The van der Waals surface area contributed by atoms with Crippen LogP contribution in [0.1, 0.15) is 18.2 Å². The monoisotopic (exact) mass is 356 g/mol. The van der Waals surface area contributed by atoms with Crippen LogP contribution in [0.15, 0.2) is 51.7 Å². The molecule has 1 atom stereocenters. The van der Waals surface area contributed by atoms with Crippen LogP contribution in [0.3, 0.4) is 0 Å². The van der Waals surface area contributed by atoms with Crippen LogP contribution in [-0.2, 0) is 22.6 Å². The zero-order valence-electron chi connectivity index (χ0n) is 14.6. The van der Waals surface area contributed by atoms with E-state index in [9.17, 15) is 9.59 Å². The lowest BCUT2D eigenvalue weighted by Gasteiger charge is -2.13. The Morgan fingerprint density at radius 1 is 1.23 bits per heavy atom. The third-order valence-electron chi connectivity index (χ3n) is 4.00. The molecule has 26 heavy (non-hydrogen) atoms. The fourth-order valence-corrected chi connectivity index (χ4v) is 2.60. The lowest BCUT2D eigenvalue weighted by Crippen LogP contribution is -2.45. The maximum absolute atomic E-state index is 12.2. The summed E-state index contributed by atoms with van der Waals surface area (Å²) in [4.78, 5) is 24.3. The first-order valence-corrected chi connectivity index (χ1v) is 8.20. The number of nitrogens with one attached hydrogen (secondary N) is 2. The summed E-state index contributed by atoms with van der Waals surface area (Å²) in [5.41, 5.74) is 1.40. The summed E-state index contributed by atoms with van der Waals surface area (Å²) in [6, 6.07) is 8.28. The first-order chi connectivity index (χ1) is 12.6. The number of rotatable bonds is 7. The van der Waals surface area contributed by atoms with E-state index in [2.05, 4.69) is 10.6 Å². The van der Waals surface area contributed by atoms with Crippen LogP contribution in [0.2, 0.25) is 0 Å². The van der Waals surface area contributed by atoms with Crippen molar-refractivity contribution in [2.45, 2.75) is 25.9 Å². The minimum Gasteiger partial charge on any atom is -0.497 e. The number of ether oxygens (including phenoxy) is 1. The smallest absolute Gasteiger partial charge is 0.242 e. The van der Waals surface area contributed by atoms with E-state index in [1.54, 1.807) is 38.5 Å². The van der Waals surface area contributed by atoms with Gasteiger partial charge in [-0.25, -0.2) is 0 Å². The molecule has 0 aliphatic carbocycles. The molecular formula is C19H20N2O5. The zero-order valence-corrected chi connectivity index (χ0v) is 14.6. The third-order valence-corrected chi connectivity index (χ3v) is 4.00. The molecule has 0 radical (unpaired) electrons. The van der Waals surface area contributed by atoms with Crippen molar-refractivity contribution in [1.82, 2.24) is 10.6 Å². The summed E-state index contributed by atoms with van der Waals surface area (Å²) in [5.74, 6) is 0.794. The quantitative estimate of drug-likeness (QED) is 0.678. The van der Waals surface area contributed by atoms with Crippen LogP contribution in [-0.4, -0.2) is 25.0 Å². The normalized spacial score (nSPS) is 11.9. The van der Waals surface area contributed by atoms with Crippen molar-refractivity contribution in [3.63, 3.8) is 0 Å². The van der Waals surface area contributed by atoms with E-state index in [4.69, 9.17) is 13.6 Å². The zero-order chi connectivity index (χ0) is 18.5. The Labute approximate surface area is 150 Å². The Hall–Kier alpha value is -3.22. The molecule has 0 fully saturated rings. The maximum Gasteiger partial charge on any atom is 0.242 e.